The molecule has 1 saturated heterocycles. The van der Waals surface area contributed by atoms with Crippen LogP contribution in [0.25, 0.3) is 0 Å². The zero-order valence-electron chi connectivity index (χ0n) is 17.0. The number of amides is 3. The van der Waals surface area contributed by atoms with Crippen molar-refractivity contribution < 1.29 is 24.0 Å². The molecule has 2 aliphatic rings. The van der Waals surface area contributed by atoms with E-state index in [1.165, 1.54) is 24.3 Å². The number of rotatable bonds is 6. The predicted octanol–water partition coefficient (Wildman–Crippen LogP) is 3.24. The smallest absolute Gasteiger partial charge is 0.411 e. The first kappa shape index (κ1) is 21.0. The molecule has 0 saturated carbocycles. The lowest BCUT2D eigenvalue weighted by atomic mass is 10.2. The summed E-state index contributed by atoms with van der Waals surface area (Å²) < 4.78 is 5.38. The van der Waals surface area contributed by atoms with Crippen LogP contribution in [0.5, 0.6) is 0 Å². The standard InChI is InChI=1S/C22H20N4O6/c27-20-11-12-21(28)25(20)17-5-3-15(4-6-17)23-22(29)32-14-19-2-1-13-24(19)16-7-9-18(10-8-16)26(30)31/h3-12,19H,1-2,13-14H2,(H,23,29). The Balaban J connectivity index is 1.31. The van der Waals surface area contributed by atoms with E-state index >= 15 is 0 Å². The van der Waals surface area contributed by atoms with Crippen molar-refractivity contribution >= 4 is 40.7 Å². The van der Waals surface area contributed by atoms with Gasteiger partial charge in [-0.05, 0) is 49.2 Å². The molecule has 0 spiro atoms. The van der Waals surface area contributed by atoms with E-state index in [0.717, 1.165) is 30.0 Å². The molecular formula is C22H20N4O6. The summed E-state index contributed by atoms with van der Waals surface area (Å²) >= 11 is 0. The molecule has 0 aliphatic carbocycles. The fourth-order valence-electron chi connectivity index (χ4n) is 3.79. The lowest BCUT2D eigenvalue weighted by Crippen LogP contribution is -2.34. The maximum absolute atomic E-state index is 12.2. The summed E-state index contributed by atoms with van der Waals surface area (Å²) in [5.74, 6) is -0.825. The second-order valence-corrected chi connectivity index (χ2v) is 7.38. The van der Waals surface area contributed by atoms with Gasteiger partial charge in [-0.2, -0.15) is 0 Å². The van der Waals surface area contributed by atoms with Gasteiger partial charge in [0.15, 0.2) is 0 Å². The van der Waals surface area contributed by atoms with Crippen molar-refractivity contribution in [2.24, 2.45) is 0 Å². The van der Waals surface area contributed by atoms with E-state index in [0.29, 0.717) is 11.4 Å². The second kappa shape index (κ2) is 8.88. The van der Waals surface area contributed by atoms with Gasteiger partial charge in [-0.3, -0.25) is 25.0 Å². The number of benzene rings is 2. The van der Waals surface area contributed by atoms with Crippen molar-refractivity contribution in [3.8, 4) is 0 Å². The minimum absolute atomic E-state index is 0.0238. The van der Waals surface area contributed by atoms with Crippen LogP contribution in [0.3, 0.4) is 0 Å². The van der Waals surface area contributed by atoms with Crippen LogP contribution in [-0.2, 0) is 14.3 Å². The zero-order chi connectivity index (χ0) is 22.7. The molecule has 1 unspecified atom stereocenters. The van der Waals surface area contributed by atoms with Crippen molar-refractivity contribution in [3.05, 3.63) is 70.8 Å². The van der Waals surface area contributed by atoms with Gasteiger partial charge < -0.3 is 9.64 Å². The van der Waals surface area contributed by atoms with Gasteiger partial charge >= 0.3 is 6.09 Å². The van der Waals surface area contributed by atoms with Gasteiger partial charge in [0.25, 0.3) is 17.5 Å². The molecule has 0 bridgehead atoms. The summed E-state index contributed by atoms with van der Waals surface area (Å²) in [6.07, 6.45) is 3.55. The van der Waals surface area contributed by atoms with Gasteiger partial charge in [0, 0.05) is 42.2 Å². The molecular weight excluding hydrogens is 416 g/mol. The molecule has 2 aromatic rings. The molecule has 4 rings (SSSR count). The van der Waals surface area contributed by atoms with Crippen molar-refractivity contribution in [3.63, 3.8) is 0 Å². The molecule has 0 radical (unpaired) electrons. The first-order chi connectivity index (χ1) is 15.4. The van der Waals surface area contributed by atoms with E-state index in [-0.39, 0.29) is 18.3 Å². The summed E-state index contributed by atoms with van der Waals surface area (Å²) in [6.45, 7) is 0.946. The highest BCUT2D eigenvalue weighted by atomic mass is 16.6. The predicted molar refractivity (Wildman–Crippen MR) is 117 cm³/mol. The molecule has 2 heterocycles. The second-order valence-electron chi connectivity index (χ2n) is 7.38. The lowest BCUT2D eigenvalue weighted by Gasteiger charge is -2.26. The highest BCUT2D eigenvalue weighted by Crippen LogP contribution is 2.27. The molecule has 2 aliphatic heterocycles. The molecule has 10 heteroatoms. The minimum atomic E-state index is -0.622. The lowest BCUT2D eigenvalue weighted by molar-refractivity contribution is -0.384. The number of nitro groups is 1. The molecule has 164 valence electrons. The molecule has 1 fully saturated rings. The van der Waals surface area contributed by atoms with Crippen LogP contribution in [0.1, 0.15) is 12.8 Å². The average molecular weight is 436 g/mol. The summed E-state index contributed by atoms with van der Waals surface area (Å²) in [6, 6.07) is 12.6. The molecule has 3 amide bonds. The van der Waals surface area contributed by atoms with Crippen molar-refractivity contribution in [1.29, 1.82) is 0 Å². The largest absolute Gasteiger partial charge is 0.447 e. The highest BCUT2D eigenvalue weighted by Gasteiger charge is 2.27. The first-order valence-corrected chi connectivity index (χ1v) is 10.0. The number of ether oxygens (including phenoxy) is 1. The van der Waals surface area contributed by atoms with Crippen LogP contribution in [-0.4, -0.2) is 42.0 Å². The summed E-state index contributed by atoms with van der Waals surface area (Å²) in [5.41, 5.74) is 1.75. The normalized spacial score (nSPS) is 17.7. The van der Waals surface area contributed by atoms with Gasteiger partial charge in [0.2, 0.25) is 0 Å². The number of nitro benzene ring substituents is 1. The summed E-state index contributed by atoms with van der Waals surface area (Å²) in [7, 11) is 0. The number of hydrogen-bond donors (Lipinski definition) is 1. The third kappa shape index (κ3) is 4.43. The van der Waals surface area contributed by atoms with E-state index in [9.17, 15) is 24.5 Å². The van der Waals surface area contributed by atoms with Crippen LogP contribution in [0.15, 0.2) is 60.7 Å². The van der Waals surface area contributed by atoms with Gasteiger partial charge in [-0.15, -0.1) is 0 Å². The third-order valence-corrected chi connectivity index (χ3v) is 5.36. The molecule has 0 aromatic heterocycles. The number of carbonyl (C=O) groups is 3. The number of hydrogen-bond acceptors (Lipinski definition) is 7. The Kier molecular flexibility index (Phi) is 5.84. The van der Waals surface area contributed by atoms with Gasteiger partial charge in [0.05, 0.1) is 16.7 Å². The van der Waals surface area contributed by atoms with Gasteiger partial charge in [-0.25, -0.2) is 9.69 Å². The van der Waals surface area contributed by atoms with Gasteiger partial charge in [-0.1, -0.05) is 0 Å². The zero-order valence-corrected chi connectivity index (χ0v) is 17.0. The van der Waals surface area contributed by atoms with E-state index in [1.807, 2.05) is 0 Å². The molecule has 1 atom stereocenters. The number of carbonyl (C=O) groups excluding carboxylic acids is 3. The monoisotopic (exact) mass is 436 g/mol. The number of non-ortho nitro benzene ring substituents is 1. The van der Waals surface area contributed by atoms with Crippen LogP contribution in [0.2, 0.25) is 0 Å². The van der Waals surface area contributed by atoms with Gasteiger partial charge in [0.1, 0.15) is 6.61 Å². The van der Waals surface area contributed by atoms with E-state index in [1.54, 1.807) is 36.4 Å². The Morgan fingerprint density at radius 2 is 1.66 bits per heavy atom. The topological polar surface area (TPSA) is 122 Å². The Hall–Kier alpha value is -4.21. The van der Waals surface area contributed by atoms with Crippen molar-refractivity contribution in [1.82, 2.24) is 0 Å². The van der Waals surface area contributed by atoms with E-state index in [4.69, 9.17) is 4.74 Å². The van der Waals surface area contributed by atoms with E-state index in [2.05, 4.69) is 10.2 Å². The Labute approximate surface area is 183 Å². The molecule has 10 nitrogen and oxygen atoms in total. The fraction of sp³-hybridized carbons (Fsp3) is 0.227. The maximum atomic E-state index is 12.2. The number of nitrogens with one attached hydrogen (secondary N) is 1. The number of nitrogens with zero attached hydrogens (tertiary/aromatic N) is 3. The quantitative estimate of drug-likeness (QED) is 0.419. The Bertz CT molecular complexity index is 1060. The molecule has 2 aromatic carbocycles. The average Bonchev–Trinajstić information content (AvgIpc) is 3.39. The number of imide groups is 1. The Morgan fingerprint density at radius 3 is 2.28 bits per heavy atom. The van der Waals surface area contributed by atoms with E-state index < -0.39 is 22.8 Å². The van der Waals surface area contributed by atoms with Crippen molar-refractivity contribution in [2.75, 3.05) is 28.3 Å². The fourth-order valence-corrected chi connectivity index (χ4v) is 3.79. The minimum Gasteiger partial charge on any atom is -0.447 e. The van der Waals surface area contributed by atoms with Crippen molar-refractivity contribution in [2.45, 2.75) is 18.9 Å². The molecule has 1 N–H and O–H groups in total. The van der Waals surface area contributed by atoms with Crippen LogP contribution >= 0.6 is 0 Å². The highest BCUT2D eigenvalue weighted by molar-refractivity contribution is 6.28. The summed E-state index contributed by atoms with van der Waals surface area (Å²) in [5, 5.41) is 13.5. The SMILES string of the molecule is O=C(Nc1ccc(N2C(=O)C=CC2=O)cc1)OCC1CCCN1c1ccc([N+](=O)[O-])cc1. The Morgan fingerprint density at radius 1 is 1.03 bits per heavy atom. The van der Waals surface area contributed by atoms with Crippen LogP contribution < -0.4 is 15.1 Å². The summed E-state index contributed by atoms with van der Waals surface area (Å²) in [4.78, 5) is 49.2. The third-order valence-electron chi connectivity index (χ3n) is 5.36. The maximum Gasteiger partial charge on any atom is 0.411 e. The van der Waals surface area contributed by atoms with Crippen LogP contribution in [0, 0.1) is 10.1 Å². The molecule has 32 heavy (non-hydrogen) atoms. The van der Waals surface area contributed by atoms with Crippen LogP contribution in [0.4, 0.5) is 27.5 Å². The first-order valence-electron chi connectivity index (χ1n) is 10.0. The number of anilines is 3.